The van der Waals surface area contributed by atoms with Gasteiger partial charge in [0.1, 0.15) is 18.2 Å². The molecule has 1 aromatic carbocycles. The molecular weight excluding hydrogens is 364 g/mol. The number of hydrogen-bond donors (Lipinski definition) is 1. The number of nitrogens with one attached hydrogen (secondary N) is 1. The van der Waals surface area contributed by atoms with E-state index in [1.807, 2.05) is 0 Å². The third-order valence-electron chi connectivity index (χ3n) is 4.48. The van der Waals surface area contributed by atoms with Gasteiger partial charge in [-0.05, 0) is 30.2 Å². The Bertz CT molecular complexity index is 808. The van der Waals surface area contributed by atoms with Gasteiger partial charge in [0.15, 0.2) is 0 Å². The largest absolute Gasteiger partial charge is 0.466 e. The van der Waals surface area contributed by atoms with Crippen molar-refractivity contribution in [3.8, 4) is 0 Å². The number of esters is 1. The van der Waals surface area contributed by atoms with E-state index in [0.29, 0.717) is 11.1 Å². The van der Waals surface area contributed by atoms with E-state index in [0.717, 1.165) is 0 Å². The molecule has 1 saturated carbocycles. The Morgan fingerprint density at radius 3 is 2.52 bits per heavy atom. The average molecular weight is 382 g/mol. The van der Waals surface area contributed by atoms with E-state index in [9.17, 15) is 22.4 Å². The van der Waals surface area contributed by atoms with Crippen LogP contribution in [-0.4, -0.2) is 30.3 Å². The van der Waals surface area contributed by atoms with Crippen LogP contribution in [0.1, 0.15) is 29.9 Å². The minimum atomic E-state index is -4.35. The lowest BCUT2D eigenvalue weighted by Gasteiger charge is -2.09. The molecule has 3 unspecified atom stereocenters. The summed E-state index contributed by atoms with van der Waals surface area (Å²) >= 11 is 0. The molecule has 1 aromatic heterocycles. The highest BCUT2D eigenvalue weighted by Gasteiger charge is 2.58. The maximum absolute atomic E-state index is 14.2. The number of aromatic nitrogens is 1. The first-order valence-electron chi connectivity index (χ1n) is 8.49. The van der Waals surface area contributed by atoms with Crippen LogP contribution in [0.15, 0.2) is 42.6 Å². The number of anilines is 1. The van der Waals surface area contributed by atoms with Gasteiger partial charge in [-0.1, -0.05) is 24.3 Å². The quantitative estimate of drug-likeness (QED) is 0.599. The smallest absolute Gasteiger partial charge is 0.405 e. The topological polar surface area (TPSA) is 51.2 Å². The van der Waals surface area contributed by atoms with Gasteiger partial charge in [0, 0.05) is 18.0 Å². The Balaban J connectivity index is 1.80. The van der Waals surface area contributed by atoms with Crippen molar-refractivity contribution in [2.75, 3.05) is 18.5 Å². The Morgan fingerprint density at radius 1 is 1.19 bits per heavy atom. The molecule has 3 rings (SSSR count). The molecule has 1 aliphatic rings. The van der Waals surface area contributed by atoms with E-state index < -0.39 is 30.4 Å². The van der Waals surface area contributed by atoms with Crippen LogP contribution in [0.3, 0.4) is 0 Å². The molecule has 1 aliphatic carbocycles. The van der Waals surface area contributed by atoms with Crippen molar-refractivity contribution >= 4 is 11.8 Å². The average Bonchev–Trinajstić information content (AvgIpc) is 3.36. The second-order valence-corrected chi connectivity index (χ2v) is 6.30. The number of carbonyl (C=O) groups excluding carboxylic acids is 1. The number of halogens is 4. The zero-order valence-electron chi connectivity index (χ0n) is 14.5. The molecule has 0 saturated heterocycles. The maximum atomic E-state index is 14.2. The van der Waals surface area contributed by atoms with Crippen molar-refractivity contribution < 1.29 is 27.1 Å². The first-order valence-corrected chi connectivity index (χ1v) is 8.49. The number of alkyl halides is 3. The lowest BCUT2D eigenvalue weighted by Crippen LogP contribution is -2.21. The second kappa shape index (κ2) is 7.54. The van der Waals surface area contributed by atoms with Gasteiger partial charge in [0.2, 0.25) is 0 Å². The van der Waals surface area contributed by atoms with Crippen LogP contribution < -0.4 is 5.32 Å². The number of nitrogens with zero attached hydrogens (tertiary/aromatic N) is 1. The molecule has 27 heavy (non-hydrogen) atoms. The molecule has 1 heterocycles. The first kappa shape index (κ1) is 19.1. The molecule has 0 aliphatic heterocycles. The van der Waals surface area contributed by atoms with Crippen LogP contribution in [0.4, 0.5) is 23.4 Å². The van der Waals surface area contributed by atoms with Crippen molar-refractivity contribution in [2.24, 2.45) is 5.92 Å². The molecule has 0 radical (unpaired) electrons. The van der Waals surface area contributed by atoms with E-state index in [2.05, 4.69) is 10.3 Å². The molecule has 1 N–H and O–H groups in total. The molecule has 8 heteroatoms. The van der Waals surface area contributed by atoms with Crippen LogP contribution in [0.2, 0.25) is 0 Å². The summed E-state index contributed by atoms with van der Waals surface area (Å²) in [4.78, 5) is 16.2. The summed E-state index contributed by atoms with van der Waals surface area (Å²) in [5, 5.41) is 2.19. The number of carbonyl (C=O) groups is 1. The van der Waals surface area contributed by atoms with E-state index >= 15 is 0 Å². The van der Waals surface area contributed by atoms with Crippen molar-refractivity contribution in [3.05, 3.63) is 59.5 Å². The normalized spacial score (nSPS) is 21.6. The summed E-state index contributed by atoms with van der Waals surface area (Å²) in [7, 11) is 0. The first-order chi connectivity index (χ1) is 12.8. The van der Waals surface area contributed by atoms with E-state index in [1.165, 1.54) is 18.3 Å². The predicted octanol–water partition coefficient (Wildman–Crippen LogP) is 4.26. The van der Waals surface area contributed by atoms with Crippen molar-refractivity contribution in [1.82, 2.24) is 4.98 Å². The molecule has 4 nitrogen and oxygen atoms in total. The predicted molar refractivity (Wildman–Crippen MR) is 90.8 cm³/mol. The van der Waals surface area contributed by atoms with E-state index in [-0.39, 0.29) is 24.3 Å². The lowest BCUT2D eigenvalue weighted by atomic mass is 10.1. The summed E-state index contributed by atoms with van der Waals surface area (Å²) < 4.78 is 56.1. The van der Waals surface area contributed by atoms with Gasteiger partial charge in [-0.15, -0.1) is 0 Å². The monoisotopic (exact) mass is 382 g/mol. The molecule has 0 amide bonds. The summed E-state index contributed by atoms with van der Waals surface area (Å²) in [6, 6.07) is 9.23. The Hall–Kier alpha value is -2.64. The highest BCUT2D eigenvalue weighted by Crippen LogP contribution is 2.61. The summed E-state index contributed by atoms with van der Waals surface area (Å²) in [5.74, 6) is -2.01. The van der Waals surface area contributed by atoms with Crippen LogP contribution in [0.5, 0.6) is 0 Å². The van der Waals surface area contributed by atoms with Gasteiger partial charge in [0.25, 0.3) is 0 Å². The van der Waals surface area contributed by atoms with E-state index in [4.69, 9.17) is 4.74 Å². The molecule has 144 valence electrons. The fraction of sp³-hybridized carbons (Fsp3) is 0.368. The number of benzene rings is 1. The minimum absolute atomic E-state index is 0.0758. The van der Waals surface area contributed by atoms with Crippen molar-refractivity contribution in [3.63, 3.8) is 0 Å². The number of hydrogen-bond acceptors (Lipinski definition) is 4. The standard InChI is InChI=1S/C19H18F4N2O2/c1-2-27-18(26)17-15(16(17)12-5-3-4-6-13(12)20)11-7-8-14(24-9-11)25-10-19(21,22)23/h3-9,15-17H,2,10H2,1H3,(H,24,25). The third-order valence-corrected chi connectivity index (χ3v) is 4.48. The van der Waals surface area contributed by atoms with Gasteiger partial charge in [0.05, 0.1) is 12.5 Å². The highest BCUT2D eigenvalue weighted by molar-refractivity contribution is 5.80. The van der Waals surface area contributed by atoms with Gasteiger partial charge in [-0.2, -0.15) is 13.2 Å². The van der Waals surface area contributed by atoms with E-state index in [1.54, 1.807) is 31.2 Å². The highest BCUT2D eigenvalue weighted by atomic mass is 19.4. The van der Waals surface area contributed by atoms with Gasteiger partial charge >= 0.3 is 12.1 Å². The molecule has 3 atom stereocenters. The van der Waals surface area contributed by atoms with Crippen molar-refractivity contribution in [1.29, 1.82) is 0 Å². The minimum Gasteiger partial charge on any atom is -0.466 e. The zero-order valence-corrected chi connectivity index (χ0v) is 14.5. The number of pyridine rings is 1. The zero-order chi connectivity index (χ0) is 19.6. The van der Waals surface area contributed by atoms with Crippen LogP contribution >= 0.6 is 0 Å². The van der Waals surface area contributed by atoms with Crippen molar-refractivity contribution in [2.45, 2.75) is 24.9 Å². The molecular formula is C19H18F4N2O2. The molecule has 0 bridgehead atoms. The Kier molecular flexibility index (Phi) is 5.34. The van der Waals surface area contributed by atoms with Crippen LogP contribution in [-0.2, 0) is 9.53 Å². The van der Waals surface area contributed by atoms with Gasteiger partial charge < -0.3 is 10.1 Å². The summed E-state index contributed by atoms with van der Waals surface area (Å²) in [6.45, 7) is 0.715. The number of rotatable bonds is 6. The van der Waals surface area contributed by atoms with Crippen LogP contribution in [0.25, 0.3) is 0 Å². The van der Waals surface area contributed by atoms with Crippen LogP contribution in [0, 0.1) is 11.7 Å². The molecule has 2 aromatic rings. The Labute approximate surface area is 153 Å². The Morgan fingerprint density at radius 2 is 1.93 bits per heavy atom. The third kappa shape index (κ3) is 4.37. The fourth-order valence-corrected chi connectivity index (χ4v) is 3.29. The fourth-order valence-electron chi connectivity index (χ4n) is 3.29. The SMILES string of the molecule is CCOC(=O)C1C(c2ccc(NCC(F)(F)F)nc2)C1c1ccccc1F. The van der Waals surface area contributed by atoms with Gasteiger partial charge in [-0.3, -0.25) is 4.79 Å². The summed E-state index contributed by atoms with van der Waals surface area (Å²) in [5.41, 5.74) is 1.07. The maximum Gasteiger partial charge on any atom is 0.405 e. The number of ether oxygens (including phenoxy) is 1. The molecule has 1 fully saturated rings. The lowest BCUT2D eigenvalue weighted by molar-refractivity contribution is -0.144. The summed E-state index contributed by atoms with van der Waals surface area (Å²) in [6.07, 6.45) is -2.93. The second-order valence-electron chi connectivity index (χ2n) is 6.30. The van der Waals surface area contributed by atoms with Gasteiger partial charge in [-0.25, -0.2) is 9.37 Å². The molecule has 0 spiro atoms.